The van der Waals surface area contributed by atoms with E-state index < -0.39 is 0 Å². The van der Waals surface area contributed by atoms with Crippen molar-refractivity contribution >= 4 is 11.6 Å². The highest BCUT2D eigenvalue weighted by Gasteiger charge is 2.12. The van der Waals surface area contributed by atoms with E-state index in [1.807, 2.05) is 18.2 Å². The van der Waals surface area contributed by atoms with Gasteiger partial charge in [-0.05, 0) is 29.8 Å². The van der Waals surface area contributed by atoms with E-state index in [2.05, 4.69) is 6.07 Å². The Bertz CT molecular complexity index is 647. The number of halogens is 1. The molecule has 2 aromatic rings. The van der Waals surface area contributed by atoms with Crippen LogP contribution in [0.5, 0.6) is 11.5 Å². The van der Waals surface area contributed by atoms with Crippen LogP contribution in [-0.4, -0.2) is 14.2 Å². The van der Waals surface area contributed by atoms with Crippen molar-refractivity contribution < 1.29 is 9.47 Å². The van der Waals surface area contributed by atoms with Crippen molar-refractivity contribution in [3.8, 4) is 28.7 Å². The normalized spacial score (nSPS) is 9.79. The fourth-order valence-corrected chi connectivity index (χ4v) is 2.16. The van der Waals surface area contributed by atoms with Gasteiger partial charge in [-0.2, -0.15) is 5.26 Å². The summed E-state index contributed by atoms with van der Waals surface area (Å²) in [6, 6.07) is 12.8. The second kappa shape index (κ2) is 5.64. The molecule has 4 heteroatoms. The fraction of sp³-hybridized carbons (Fsp3) is 0.133. The zero-order chi connectivity index (χ0) is 13.8. The first-order chi connectivity index (χ1) is 9.19. The van der Waals surface area contributed by atoms with Crippen LogP contribution >= 0.6 is 11.6 Å². The summed E-state index contributed by atoms with van der Waals surface area (Å²) < 4.78 is 10.6. The van der Waals surface area contributed by atoms with Crippen molar-refractivity contribution in [1.82, 2.24) is 0 Å². The molecule has 0 amide bonds. The molecule has 19 heavy (non-hydrogen) atoms. The third-order valence-electron chi connectivity index (χ3n) is 2.74. The molecule has 0 N–H and O–H groups in total. The average molecular weight is 274 g/mol. The van der Waals surface area contributed by atoms with Crippen LogP contribution in [0.2, 0.25) is 5.02 Å². The van der Waals surface area contributed by atoms with Crippen molar-refractivity contribution in [3.63, 3.8) is 0 Å². The topological polar surface area (TPSA) is 42.2 Å². The molecule has 0 radical (unpaired) electrons. The van der Waals surface area contributed by atoms with E-state index in [9.17, 15) is 0 Å². The summed E-state index contributed by atoms with van der Waals surface area (Å²) in [6.45, 7) is 0. The van der Waals surface area contributed by atoms with Crippen molar-refractivity contribution in [2.75, 3.05) is 14.2 Å². The molecule has 2 rings (SSSR count). The van der Waals surface area contributed by atoms with Gasteiger partial charge in [-0.25, -0.2) is 0 Å². The fourth-order valence-electron chi connectivity index (χ4n) is 1.92. The van der Waals surface area contributed by atoms with E-state index in [0.717, 1.165) is 11.1 Å². The van der Waals surface area contributed by atoms with Crippen LogP contribution in [0.1, 0.15) is 5.56 Å². The first-order valence-electron chi connectivity index (χ1n) is 5.61. The minimum absolute atomic E-state index is 0.507. The molecule has 0 aromatic heterocycles. The molecular weight excluding hydrogens is 262 g/mol. The highest BCUT2D eigenvalue weighted by atomic mass is 35.5. The lowest BCUT2D eigenvalue weighted by atomic mass is 10.0. The van der Waals surface area contributed by atoms with Gasteiger partial charge >= 0.3 is 0 Å². The second-order valence-electron chi connectivity index (χ2n) is 3.88. The zero-order valence-corrected chi connectivity index (χ0v) is 11.4. The second-order valence-corrected chi connectivity index (χ2v) is 4.32. The summed E-state index contributed by atoms with van der Waals surface area (Å²) in [6.07, 6.45) is 0. The summed E-state index contributed by atoms with van der Waals surface area (Å²) in [7, 11) is 3.16. The molecule has 3 nitrogen and oxygen atoms in total. The number of para-hydroxylation sites is 1. The average Bonchev–Trinajstić information content (AvgIpc) is 2.45. The molecular formula is C15H12ClNO2. The van der Waals surface area contributed by atoms with Crippen molar-refractivity contribution in [1.29, 1.82) is 5.26 Å². The Morgan fingerprint density at radius 3 is 2.53 bits per heavy atom. The highest BCUT2D eigenvalue weighted by Crippen LogP contribution is 2.38. The van der Waals surface area contributed by atoms with Crippen LogP contribution in [-0.2, 0) is 0 Å². The smallest absolute Gasteiger partial charge is 0.168 e. The maximum Gasteiger partial charge on any atom is 0.168 e. The van der Waals surface area contributed by atoms with E-state index in [1.165, 1.54) is 0 Å². The van der Waals surface area contributed by atoms with Crippen LogP contribution in [0.4, 0.5) is 0 Å². The van der Waals surface area contributed by atoms with E-state index in [0.29, 0.717) is 22.1 Å². The highest BCUT2D eigenvalue weighted by molar-refractivity contribution is 6.31. The summed E-state index contributed by atoms with van der Waals surface area (Å²) >= 11 is 6.02. The molecule has 96 valence electrons. The molecule has 0 aliphatic carbocycles. The number of benzene rings is 2. The van der Waals surface area contributed by atoms with E-state index >= 15 is 0 Å². The van der Waals surface area contributed by atoms with Gasteiger partial charge in [0.15, 0.2) is 11.5 Å². The first kappa shape index (κ1) is 13.3. The van der Waals surface area contributed by atoms with Gasteiger partial charge in [0.05, 0.1) is 25.9 Å². The lowest BCUT2D eigenvalue weighted by molar-refractivity contribution is 0.356. The maximum absolute atomic E-state index is 9.00. The molecule has 0 saturated carbocycles. The Labute approximate surface area is 117 Å². The maximum atomic E-state index is 9.00. The van der Waals surface area contributed by atoms with Crippen LogP contribution in [0.15, 0.2) is 36.4 Å². The van der Waals surface area contributed by atoms with E-state index in [-0.39, 0.29) is 0 Å². The Hall–Kier alpha value is -2.18. The number of methoxy groups -OCH3 is 2. The van der Waals surface area contributed by atoms with Crippen LogP contribution in [0.25, 0.3) is 11.1 Å². The summed E-state index contributed by atoms with van der Waals surface area (Å²) in [5, 5.41) is 9.51. The minimum Gasteiger partial charge on any atom is -0.493 e. The Balaban J connectivity index is 2.65. The molecule has 0 spiro atoms. The zero-order valence-electron chi connectivity index (χ0n) is 10.6. The monoisotopic (exact) mass is 273 g/mol. The predicted molar refractivity (Wildman–Crippen MR) is 74.7 cm³/mol. The SMILES string of the molecule is COc1cccc(-c2cc(Cl)cc(C#N)c2)c1OC. The Morgan fingerprint density at radius 2 is 1.89 bits per heavy atom. The van der Waals surface area contributed by atoms with Crippen LogP contribution < -0.4 is 9.47 Å². The third kappa shape index (κ3) is 2.64. The molecule has 0 atom stereocenters. The molecule has 0 fully saturated rings. The molecule has 2 aromatic carbocycles. The number of hydrogen-bond donors (Lipinski definition) is 0. The van der Waals surface area contributed by atoms with Gasteiger partial charge in [-0.15, -0.1) is 0 Å². The van der Waals surface area contributed by atoms with Gasteiger partial charge in [0, 0.05) is 10.6 Å². The minimum atomic E-state index is 0.507. The van der Waals surface area contributed by atoms with Crippen LogP contribution in [0, 0.1) is 11.3 Å². The van der Waals surface area contributed by atoms with E-state index in [4.69, 9.17) is 26.3 Å². The van der Waals surface area contributed by atoms with Crippen molar-refractivity contribution in [2.24, 2.45) is 0 Å². The Kier molecular flexibility index (Phi) is 3.94. The van der Waals surface area contributed by atoms with E-state index in [1.54, 1.807) is 32.4 Å². The van der Waals surface area contributed by atoms with Crippen LogP contribution in [0.3, 0.4) is 0 Å². The molecule has 0 unspecified atom stereocenters. The molecule has 0 aliphatic heterocycles. The number of hydrogen-bond acceptors (Lipinski definition) is 3. The lowest BCUT2D eigenvalue weighted by Crippen LogP contribution is -1.93. The van der Waals surface area contributed by atoms with Gasteiger partial charge in [0.1, 0.15) is 0 Å². The molecule has 0 bridgehead atoms. The first-order valence-corrected chi connectivity index (χ1v) is 5.99. The van der Waals surface area contributed by atoms with Gasteiger partial charge in [0.2, 0.25) is 0 Å². The third-order valence-corrected chi connectivity index (χ3v) is 2.96. The summed E-state index contributed by atoms with van der Waals surface area (Å²) in [4.78, 5) is 0. The molecule has 0 aliphatic rings. The summed E-state index contributed by atoms with van der Waals surface area (Å²) in [5.41, 5.74) is 2.16. The Morgan fingerprint density at radius 1 is 1.11 bits per heavy atom. The predicted octanol–water partition coefficient (Wildman–Crippen LogP) is 3.90. The van der Waals surface area contributed by atoms with Gasteiger partial charge in [-0.3, -0.25) is 0 Å². The van der Waals surface area contributed by atoms with Gasteiger partial charge in [-0.1, -0.05) is 23.7 Å². The van der Waals surface area contributed by atoms with Gasteiger partial charge < -0.3 is 9.47 Å². The molecule has 0 saturated heterocycles. The van der Waals surface area contributed by atoms with Crippen molar-refractivity contribution in [3.05, 3.63) is 47.0 Å². The lowest BCUT2D eigenvalue weighted by Gasteiger charge is -2.13. The standard InChI is InChI=1S/C15H12ClNO2/c1-18-14-5-3-4-13(15(14)19-2)11-6-10(9-17)7-12(16)8-11/h3-8H,1-2H3. The number of ether oxygens (including phenoxy) is 2. The number of nitrogens with zero attached hydrogens (tertiary/aromatic N) is 1. The molecule has 0 heterocycles. The summed E-state index contributed by atoms with van der Waals surface area (Å²) in [5.74, 6) is 1.26. The van der Waals surface area contributed by atoms with Gasteiger partial charge in [0.25, 0.3) is 0 Å². The van der Waals surface area contributed by atoms with Crippen molar-refractivity contribution in [2.45, 2.75) is 0 Å². The number of nitriles is 1. The largest absolute Gasteiger partial charge is 0.493 e. The number of rotatable bonds is 3. The quantitative estimate of drug-likeness (QED) is 0.852.